The van der Waals surface area contributed by atoms with Crippen molar-refractivity contribution in [3.8, 4) is 0 Å². The first-order valence-electron chi connectivity index (χ1n) is 5.53. The van der Waals surface area contributed by atoms with E-state index < -0.39 is 37.3 Å². The van der Waals surface area contributed by atoms with Crippen LogP contribution in [0.3, 0.4) is 0 Å². The Labute approximate surface area is 119 Å². The topological polar surface area (TPSA) is 142 Å². The summed E-state index contributed by atoms with van der Waals surface area (Å²) >= 11 is 0. The lowest BCUT2D eigenvalue weighted by molar-refractivity contribution is -0.387. The Hall–Kier alpha value is -2.11. The maximum Gasteiger partial charge on any atom is 0.304 e. The van der Waals surface area contributed by atoms with Crippen molar-refractivity contribution in [3.63, 3.8) is 0 Å². The van der Waals surface area contributed by atoms with E-state index in [1.54, 1.807) is 0 Å². The molecule has 3 N–H and O–H groups in total. The lowest BCUT2D eigenvalue weighted by Gasteiger charge is -2.07. The minimum atomic E-state index is -4.03. The summed E-state index contributed by atoms with van der Waals surface area (Å²) in [5.41, 5.74) is 3.99. The van der Waals surface area contributed by atoms with Crippen LogP contribution < -0.4 is 10.5 Å². The van der Waals surface area contributed by atoms with E-state index in [9.17, 15) is 27.7 Å². The Bertz CT molecular complexity index is 648. The third kappa shape index (κ3) is 5.06. The molecule has 0 heterocycles. The number of nitrogens with two attached hydrogens (primary N) is 1. The van der Waals surface area contributed by atoms with Crippen LogP contribution in [0.1, 0.15) is 0 Å². The summed E-state index contributed by atoms with van der Waals surface area (Å²) in [5, 5.41) is 10.4. The van der Waals surface area contributed by atoms with Gasteiger partial charge in [0.25, 0.3) is 0 Å². The highest BCUT2D eigenvalue weighted by Crippen LogP contribution is 2.20. The molecule has 0 atom stereocenters. The van der Waals surface area contributed by atoms with Crippen LogP contribution in [-0.4, -0.2) is 39.0 Å². The first-order valence-corrected chi connectivity index (χ1v) is 7.02. The highest BCUT2D eigenvalue weighted by atomic mass is 32.2. The van der Waals surface area contributed by atoms with Gasteiger partial charge in [-0.05, 0) is 6.07 Å². The van der Waals surface area contributed by atoms with Gasteiger partial charge in [-0.3, -0.25) is 14.9 Å². The van der Waals surface area contributed by atoms with Crippen LogP contribution in [0.4, 0.5) is 10.1 Å². The lowest BCUT2D eigenvalue weighted by atomic mass is 10.3. The van der Waals surface area contributed by atoms with E-state index in [1.807, 2.05) is 0 Å². The summed E-state index contributed by atoms with van der Waals surface area (Å²) in [7, 11) is -4.03. The average Bonchev–Trinajstić information content (AvgIpc) is 2.37. The number of nitrogens with one attached hydrogen (secondary N) is 1. The molecule has 0 fully saturated rings. The van der Waals surface area contributed by atoms with Gasteiger partial charge in [0.15, 0.2) is 0 Å². The first-order chi connectivity index (χ1) is 9.74. The summed E-state index contributed by atoms with van der Waals surface area (Å²) in [4.78, 5) is 19.4. The summed E-state index contributed by atoms with van der Waals surface area (Å²) in [6.45, 7) is -0.639. The SMILES string of the molecule is NC(=O)COCCNS(=O)(=O)c1ccc([N+](=O)[O-])c(F)c1. The van der Waals surface area contributed by atoms with Gasteiger partial charge in [0, 0.05) is 18.7 Å². The Morgan fingerprint density at radius 2 is 2.14 bits per heavy atom. The zero-order chi connectivity index (χ0) is 16.0. The van der Waals surface area contributed by atoms with E-state index in [4.69, 9.17) is 10.5 Å². The number of nitro groups is 1. The second-order valence-electron chi connectivity index (χ2n) is 3.79. The average molecular weight is 321 g/mol. The van der Waals surface area contributed by atoms with Crippen LogP contribution >= 0.6 is 0 Å². The predicted molar refractivity (Wildman–Crippen MR) is 68.3 cm³/mol. The number of nitrogens with zero attached hydrogens (tertiary/aromatic N) is 1. The number of carbonyl (C=O) groups excluding carboxylic acids is 1. The first kappa shape index (κ1) is 16.9. The molecule has 0 radical (unpaired) electrons. The number of primary amides is 1. The molecule has 0 bridgehead atoms. The van der Waals surface area contributed by atoms with E-state index in [1.165, 1.54) is 0 Å². The second kappa shape index (κ2) is 7.06. The van der Waals surface area contributed by atoms with Crippen molar-refractivity contribution in [2.75, 3.05) is 19.8 Å². The molecule has 0 aromatic heterocycles. The number of sulfonamides is 1. The van der Waals surface area contributed by atoms with Crippen LogP contribution in [0.25, 0.3) is 0 Å². The summed E-state index contributed by atoms with van der Waals surface area (Å²) in [5.74, 6) is -1.96. The van der Waals surface area contributed by atoms with Crippen LogP contribution in [0, 0.1) is 15.9 Å². The molecule has 0 saturated carbocycles. The zero-order valence-electron chi connectivity index (χ0n) is 10.6. The molecule has 1 aromatic rings. The smallest absolute Gasteiger partial charge is 0.304 e. The van der Waals surface area contributed by atoms with Crippen LogP contribution in [0.2, 0.25) is 0 Å². The minimum Gasteiger partial charge on any atom is -0.370 e. The van der Waals surface area contributed by atoms with Crippen molar-refractivity contribution >= 4 is 21.6 Å². The summed E-state index contributed by atoms with van der Waals surface area (Å²) in [6, 6.07) is 2.21. The van der Waals surface area contributed by atoms with Crippen molar-refractivity contribution < 1.29 is 27.3 Å². The fourth-order valence-corrected chi connectivity index (χ4v) is 2.33. The number of carbonyl (C=O) groups is 1. The van der Waals surface area contributed by atoms with Crippen LogP contribution in [0.5, 0.6) is 0 Å². The van der Waals surface area contributed by atoms with E-state index in [0.29, 0.717) is 6.07 Å². The summed E-state index contributed by atoms with van der Waals surface area (Å²) in [6.07, 6.45) is 0. The fraction of sp³-hybridized carbons (Fsp3) is 0.300. The van der Waals surface area contributed by atoms with Gasteiger partial charge in [-0.15, -0.1) is 0 Å². The molecular formula is C10H12FN3O6S. The quantitative estimate of drug-likeness (QED) is 0.376. The Morgan fingerprint density at radius 1 is 1.48 bits per heavy atom. The Balaban J connectivity index is 2.68. The van der Waals surface area contributed by atoms with Gasteiger partial charge in [-0.2, -0.15) is 4.39 Å². The number of amides is 1. The monoisotopic (exact) mass is 321 g/mol. The fourth-order valence-electron chi connectivity index (χ4n) is 1.31. The van der Waals surface area contributed by atoms with Crippen molar-refractivity contribution in [1.82, 2.24) is 4.72 Å². The van der Waals surface area contributed by atoms with Gasteiger partial charge >= 0.3 is 5.69 Å². The minimum absolute atomic E-state index is 0.113. The van der Waals surface area contributed by atoms with E-state index in [0.717, 1.165) is 12.1 Å². The number of rotatable bonds is 8. The van der Waals surface area contributed by atoms with Crippen LogP contribution in [0.15, 0.2) is 23.1 Å². The molecule has 11 heteroatoms. The molecular weight excluding hydrogens is 309 g/mol. The third-order valence-corrected chi connectivity index (χ3v) is 3.67. The van der Waals surface area contributed by atoms with Crippen molar-refractivity contribution in [2.24, 2.45) is 5.73 Å². The highest BCUT2D eigenvalue weighted by molar-refractivity contribution is 7.89. The van der Waals surface area contributed by atoms with Gasteiger partial charge < -0.3 is 10.5 Å². The largest absolute Gasteiger partial charge is 0.370 e. The number of ether oxygens (including phenoxy) is 1. The number of hydrogen-bond acceptors (Lipinski definition) is 6. The molecule has 1 rings (SSSR count). The molecule has 0 saturated heterocycles. The van der Waals surface area contributed by atoms with Crippen molar-refractivity contribution in [1.29, 1.82) is 0 Å². The lowest BCUT2D eigenvalue weighted by Crippen LogP contribution is -2.29. The maximum atomic E-state index is 13.4. The number of halogens is 1. The molecule has 0 spiro atoms. The number of hydrogen-bond donors (Lipinski definition) is 2. The molecule has 9 nitrogen and oxygen atoms in total. The van der Waals surface area contributed by atoms with Crippen molar-refractivity contribution in [3.05, 3.63) is 34.1 Å². The normalized spacial score (nSPS) is 11.3. The van der Waals surface area contributed by atoms with Gasteiger partial charge in [0.1, 0.15) is 6.61 Å². The maximum absolute atomic E-state index is 13.4. The third-order valence-electron chi connectivity index (χ3n) is 2.21. The highest BCUT2D eigenvalue weighted by Gasteiger charge is 2.20. The molecule has 116 valence electrons. The van der Waals surface area contributed by atoms with Gasteiger partial charge in [0.05, 0.1) is 16.4 Å². The molecule has 0 aliphatic heterocycles. The number of benzene rings is 1. The molecule has 21 heavy (non-hydrogen) atoms. The summed E-state index contributed by atoms with van der Waals surface area (Å²) < 4.78 is 43.7. The van der Waals surface area contributed by atoms with Crippen molar-refractivity contribution in [2.45, 2.75) is 4.90 Å². The van der Waals surface area contributed by atoms with Gasteiger partial charge in [0.2, 0.25) is 21.7 Å². The molecule has 0 aliphatic carbocycles. The molecule has 0 aliphatic rings. The molecule has 1 amide bonds. The number of nitro benzene ring substituents is 1. The van der Waals surface area contributed by atoms with E-state index in [-0.39, 0.29) is 19.8 Å². The molecule has 1 aromatic carbocycles. The predicted octanol–water partition coefficient (Wildman–Crippen LogP) is -0.486. The zero-order valence-corrected chi connectivity index (χ0v) is 11.4. The Morgan fingerprint density at radius 3 is 2.67 bits per heavy atom. The standard InChI is InChI=1S/C10H12FN3O6S/c11-8-5-7(1-2-9(8)14(16)17)21(18,19)13-3-4-20-6-10(12)15/h1-2,5,13H,3-4,6H2,(H2,12,15). The Kier molecular flexibility index (Phi) is 5.69. The van der Waals surface area contributed by atoms with E-state index >= 15 is 0 Å². The second-order valence-corrected chi connectivity index (χ2v) is 5.55. The van der Waals surface area contributed by atoms with E-state index in [2.05, 4.69) is 4.72 Å². The van der Waals surface area contributed by atoms with Gasteiger partial charge in [-0.1, -0.05) is 0 Å². The van der Waals surface area contributed by atoms with Gasteiger partial charge in [-0.25, -0.2) is 13.1 Å². The molecule has 0 unspecified atom stereocenters. The van der Waals surface area contributed by atoms with Crippen LogP contribution in [-0.2, 0) is 19.6 Å².